The first kappa shape index (κ1) is 15.0. The summed E-state index contributed by atoms with van der Waals surface area (Å²) in [4.78, 5) is 8.94. The number of hydrogen-bond donors (Lipinski definition) is 0. The van der Waals surface area contributed by atoms with E-state index in [0.717, 1.165) is 34.5 Å². The van der Waals surface area contributed by atoms with Crippen molar-refractivity contribution in [1.82, 2.24) is 14.5 Å². The van der Waals surface area contributed by atoms with E-state index in [1.165, 1.54) is 6.26 Å². The third kappa shape index (κ3) is 3.00. The van der Waals surface area contributed by atoms with E-state index in [-0.39, 0.29) is 5.75 Å². The van der Waals surface area contributed by atoms with E-state index in [4.69, 9.17) is 0 Å². The molecule has 2 aromatic heterocycles. The van der Waals surface area contributed by atoms with Crippen LogP contribution in [0.4, 0.5) is 0 Å². The van der Waals surface area contributed by atoms with Crippen LogP contribution >= 0.6 is 0 Å². The van der Waals surface area contributed by atoms with Crippen molar-refractivity contribution in [3.05, 3.63) is 23.3 Å². The number of nitrogens with zero attached hydrogens (tertiary/aromatic N) is 3. The van der Waals surface area contributed by atoms with Gasteiger partial charge in [0, 0.05) is 24.9 Å². The van der Waals surface area contributed by atoms with Gasteiger partial charge in [0.15, 0.2) is 0 Å². The van der Waals surface area contributed by atoms with Gasteiger partial charge in [-0.25, -0.2) is 13.4 Å². The Labute approximate surface area is 120 Å². The van der Waals surface area contributed by atoms with Crippen LogP contribution in [0.25, 0.3) is 11.0 Å². The minimum Gasteiger partial charge on any atom is -0.328 e. The summed E-state index contributed by atoms with van der Waals surface area (Å²) >= 11 is 0. The molecule has 0 spiro atoms. The number of sulfone groups is 1. The smallest absolute Gasteiger partial charge is 0.147 e. The summed E-state index contributed by atoms with van der Waals surface area (Å²) in [5, 5.41) is 0. The highest BCUT2D eigenvalue weighted by molar-refractivity contribution is 7.90. The highest BCUT2D eigenvalue weighted by Gasteiger charge is 2.14. The van der Waals surface area contributed by atoms with Gasteiger partial charge in [0.05, 0.1) is 17.5 Å². The Morgan fingerprint density at radius 2 is 2.00 bits per heavy atom. The summed E-state index contributed by atoms with van der Waals surface area (Å²) in [6.45, 7) is 6.76. The van der Waals surface area contributed by atoms with Gasteiger partial charge < -0.3 is 4.57 Å². The lowest BCUT2D eigenvalue weighted by molar-refractivity contribution is 0.590. The van der Waals surface area contributed by atoms with Gasteiger partial charge in [-0.05, 0) is 25.8 Å². The number of fused-ring (bicyclic) bond motifs is 1. The molecule has 5 nitrogen and oxygen atoms in total. The van der Waals surface area contributed by atoms with Gasteiger partial charge in [-0.3, -0.25) is 4.98 Å². The zero-order chi connectivity index (χ0) is 14.9. The average molecular weight is 295 g/mol. The molecule has 0 atom stereocenters. The van der Waals surface area contributed by atoms with Crippen molar-refractivity contribution in [2.75, 3.05) is 12.0 Å². The highest BCUT2D eigenvalue weighted by atomic mass is 32.2. The van der Waals surface area contributed by atoms with Gasteiger partial charge >= 0.3 is 0 Å². The van der Waals surface area contributed by atoms with Crippen LogP contribution in [0, 0.1) is 13.8 Å². The molecule has 0 aliphatic carbocycles. The number of rotatable bonds is 5. The Bertz CT molecular complexity index is 732. The summed E-state index contributed by atoms with van der Waals surface area (Å²) < 4.78 is 24.7. The summed E-state index contributed by atoms with van der Waals surface area (Å²) in [7, 11) is -2.91. The van der Waals surface area contributed by atoms with Crippen molar-refractivity contribution in [2.24, 2.45) is 0 Å². The molecule has 110 valence electrons. The number of hydrogen-bond acceptors (Lipinski definition) is 4. The van der Waals surface area contributed by atoms with Crippen LogP contribution in [0.5, 0.6) is 0 Å². The van der Waals surface area contributed by atoms with E-state index < -0.39 is 9.84 Å². The second kappa shape index (κ2) is 5.52. The van der Waals surface area contributed by atoms with Crippen molar-refractivity contribution in [1.29, 1.82) is 0 Å². The van der Waals surface area contributed by atoms with Gasteiger partial charge in [0.2, 0.25) is 0 Å². The van der Waals surface area contributed by atoms with E-state index in [2.05, 4.69) is 21.5 Å². The maximum absolute atomic E-state index is 11.3. The molecule has 2 heterocycles. The van der Waals surface area contributed by atoms with E-state index in [1.54, 1.807) is 6.20 Å². The SMILES string of the molecule is CCc1nc2cnc(C)c(C)c2n1CCCS(C)(=O)=O. The molecule has 0 aliphatic heterocycles. The molecule has 2 rings (SSSR count). The molecule has 0 saturated carbocycles. The van der Waals surface area contributed by atoms with E-state index in [0.29, 0.717) is 13.0 Å². The maximum Gasteiger partial charge on any atom is 0.147 e. The lowest BCUT2D eigenvalue weighted by atomic mass is 10.2. The molecule has 0 bridgehead atoms. The minimum atomic E-state index is -2.91. The molecule has 0 unspecified atom stereocenters. The standard InChI is InChI=1S/C14H21N3O2S/c1-5-13-16-12-9-15-11(3)10(2)14(12)17(13)7-6-8-20(4,18)19/h9H,5-8H2,1-4H3. The number of pyridine rings is 1. The fourth-order valence-electron chi connectivity index (χ4n) is 2.43. The second-order valence-electron chi connectivity index (χ2n) is 5.22. The van der Waals surface area contributed by atoms with E-state index in [9.17, 15) is 8.42 Å². The Morgan fingerprint density at radius 3 is 2.60 bits per heavy atom. The third-order valence-electron chi connectivity index (χ3n) is 3.57. The Morgan fingerprint density at radius 1 is 1.30 bits per heavy atom. The normalized spacial score (nSPS) is 12.2. The molecule has 0 amide bonds. The second-order valence-corrected chi connectivity index (χ2v) is 7.48. The molecule has 0 aromatic carbocycles. The molecule has 2 aromatic rings. The Balaban J connectivity index is 2.42. The Hall–Kier alpha value is -1.43. The third-order valence-corrected chi connectivity index (χ3v) is 4.60. The first-order valence-electron chi connectivity index (χ1n) is 6.82. The first-order chi connectivity index (χ1) is 9.33. The lowest BCUT2D eigenvalue weighted by Crippen LogP contribution is -2.10. The molecular weight excluding hydrogens is 274 g/mol. The maximum atomic E-state index is 11.3. The van der Waals surface area contributed by atoms with Crippen molar-refractivity contribution in [2.45, 2.75) is 40.2 Å². The summed E-state index contributed by atoms with van der Waals surface area (Å²) in [6, 6.07) is 0. The predicted octanol–water partition coefficient (Wildman–Crippen LogP) is 2.05. The van der Waals surface area contributed by atoms with E-state index >= 15 is 0 Å². The summed E-state index contributed by atoms with van der Waals surface area (Å²) in [5.41, 5.74) is 4.09. The van der Waals surface area contributed by atoms with Gasteiger partial charge in [-0.15, -0.1) is 0 Å². The average Bonchev–Trinajstić information content (AvgIpc) is 2.71. The van der Waals surface area contributed by atoms with Crippen molar-refractivity contribution in [3.8, 4) is 0 Å². The van der Waals surface area contributed by atoms with Gasteiger partial charge in [-0.2, -0.15) is 0 Å². The number of imidazole rings is 1. The first-order valence-corrected chi connectivity index (χ1v) is 8.88. The fraction of sp³-hybridized carbons (Fsp3) is 0.571. The molecule has 0 saturated heterocycles. The zero-order valence-corrected chi connectivity index (χ0v) is 13.3. The molecule has 6 heteroatoms. The monoisotopic (exact) mass is 295 g/mol. The molecular formula is C14H21N3O2S. The zero-order valence-electron chi connectivity index (χ0n) is 12.5. The summed E-state index contributed by atoms with van der Waals surface area (Å²) in [6.07, 6.45) is 4.51. The van der Waals surface area contributed by atoms with Crippen molar-refractivity contribution >= 4 is 20.9 Å². The highest BCUT2D eigenvalue weighted by Crippen LogP contribution is 2.22. The molecule has 0 N–H and O–H groups in total. The van der Waals surface area contributed by atoms with Crippen molar-refractivity contribution in [3.63, 3.8) is 0 Å². The minimum absolute atomic E-state index is 0.207. The largest absolute Gasteiger partial charge is 0.328 e. The molecule has 20 heavy (non-hydrogen) atoms. The van der Waals surface area contributed by atoms with Crippen LogP contribution in [-0.2, 0) is 22.8 Å². The van der Waals surface area contributed by atoms with Crippen LogP contribution in [0.1, 0.15) is 30.4 Å². The van der Waals surface area contributed by atoms with Gasteiger partial charge in [0.1, 0.15) is 21.2 Å². The molecule has 0 radical (unpaired) electrons. The van der Waals surface area contributed by atoms with Crippen LogP contribution < -0.4 is 0 Å². The number of aryl methyl sites for hydroxylation is 4. The quantitative estimate of drug-likeness (QED) is 0.847. The van der Waals surface area contributed by atoms with Crippen LogP contribution in [0.3, 0.4) is 0 Å². The van der Waals surface area contributed by atoms with Gasteiger partial charge in [0.25, 0.3) is 0 Å². The predicted molar refractivity (Wildman–Crippen MR) is 80.7 cm³/mol. The van der Waals surface area contributed by atoms with Gasteiger partial charge in [-0.1, -0.05) is 6.92 Å². The lowest BCUT2D eigenvalue weighted by Gasteiger charge is -2.10. The number of aromatic nitrogens is 3. The van der Waals surface area contributed by atoms with E-state index in [1.807, 2.05) is 13.8 Å². The van der Waals surface area contributed by atoms with Crippen LogP contribution in [0.2, 0.25) is 0 Å². The van der Waals surface area contributed by atoms with Crippen LogP contribution in [0.15, 0.2) is 6.20 Å². The Kier molecular flexibility index (Phi) is 4.13. The van der Waals surface area contributed by atoms with Crippen molar-refractivity contribution < 1.29 is 8.42 Å². The van der Waals surface area contributed by atoms with Crippen LogP contribution in [-0.4, -0.2) is 35.0 Å². The summed E-state index contributed by atoms with van der Waals surface area (Å²) in [5.74, 6) is 1.20. The topological polar surface area (TPSA) is 64.8 Å². The molecule has 0 aliphatic rings. The fourth-order valence-corrected chi connectivity index (χ4v) is 3.08. The molecule has 0 fully saturated rings.